The highest BCUT2D eigenvalue weighted by atomic mass is 35.5. The van der Waals surface area contributed by atoms with E-state index in [1.807, 2.05) is 24.3 Å². The summed E-state index contributed by atoms with van der Waals surface area (Å²) in [5.74, 6) is 0. The molecule has 3 rings (SSSR count). The fraction of sp³-hybridized carbons (Fsp3) is 0.235. The zero-order valence-electron chi connectivity index (χ0n) is 13.0. The first kappa shape index (κ1) is 17.4. The van der Waals surface area contributed by atoms with Crippen molar-refractivity contribution in [2.75, 3.05) is 12.9 Å². The summed E-state index contributed by atoms with van der Waals surface area (Å²) in [6.45, 7) is 0.204. The van der Waals surface area contributed by atoms with Gasteiger partial charge in [-0.2, -0.15) is 12.8 Å². The van der Waals surface area contributed by atoms with Crippen molar-refractivity contribution >= 4 is 43.3 Å². The molecule has 0 saturated carbocycles. The van der Waals surface area contributed by atoms with Crippen molar-refractivity contribution < 1.29 is 12.6 Å². The zero-order chi connectivity index (χ0) is 17.2. The van der Waals surface area contributed by atoms with E-state index in [0.29, 0.717) is 11.4 Å². The van der Waals surface area contributed by atoms with E-state index in [1.54, 1.807) is 0 Å². The van der Waals surface area contributed by atoms with Crippen LogP contribution in [0.4, 0.5) is 0 Å². The Balaban J connectivity index is 1.75. The third-order valence-electron chi connectivity index (χ3n) is 3.56. The number of hydrogen-bond donors (Lipinski definition) is 0. The van der Waals surface area contributed by atoms with Gasteiger partial charge in [0.25, 0.3) is 10.1 Å². The van der Waals surface area contributed by atoms with Crippen LogP contribution in [0, 0.1) is 0 Å². The first-order chi connectivity index (χ1) is 11.4. The summed E-state index contributed by atoms with van der Waals surface area (Å²) < 4.78 is 32.3. The molecule has 0 saturated heterocycles. The maximum absolute atomic E-state index is 10.9. The standard InChI is InChI=1S/C17H16ClNO3S2/c1-24(20,21)22-10-2-3-12-4-9-15-16(11-12)23-19-17(15)13-5-7-14(18)8-6-13/h4-9,11H,2-3,10H2,1H3. The first-order valence-corrected chi connectivity index (χ1v) is 10.4. The number of aromatic nitrogens is 1. The molecule has 0 aliphatic heterocycles. The Morgan fingerprint density at radius 3 is 2.62 bits per heavy atom. The Morgan fingerprint density at radius 1 is 1.17 bits per heavy atom. The van der Waals surface area contributed by atoms with E-state index in [0.717, 1.165) is 39.6 Å². The van der Waals surface area contributed by atoms with E-state index >= 15 is 0 Å². The largest absolute Gasteiger partial charge is 0.270 e. The second-order valence-electron chi connectivity index (χ2n) is 5.50. The van der Waals surface area contributed by atoms with Crippen molar-refractivity contribution in [3.8, 4) is 11.3 Å². The van der Waals surface area contributed by atoms with Crippen LogP contribution in [0.25, 0.3) is 21.3 Å². The van der Waals surface area contributed by atoms with Gasteiger partial charge in [-0.15, -0.1) is 0 Å². The van der Waals surface area contributed by atoms with Crippen LogP contribution in [0.3, 0.4) is 0 Å². The van der Waals surface area contributed by atoms with Gasteiger partial charge in [-0.3, -0.25) is 4.18 Å². The maximum atomic E-state index is 10.9. The Morgan fingerprint density at radius 2 is 1.92 bits per heavy atom. The average molecular weight is 382 g/mol. The molecule has 126 valence electrons. The molecule has 0 unspecified atom stereocenters. The molecule has 7 heteroatoms. The molecule has 0 fully saturated rings. The van der Waals surface area contributed by atoms with Gasteiger partial charge in [-0.25, -0.2) is 0 Å². The quantitative estimate of drug-likeness (QED) is 0.465. The summed E-state index contributed by atoms with van der Waals surface area (Å²) in [7, 11) is -3.36. The van der Waals surface area contributed by atoms with Gasteiger partial charge in [0.1, 0.15) is 0 Å². The van der Waals surface area contributed by atoms with Crippen molar-refractivity contribution in [1.29, 1.82) is 0 Å². The Hall–Kier alpha value is -1.47. The highest BCUT2D eigenvalue weighted by Crippen LogP contribution is 2.32. The summed E-state index contributed by atoms with van der Waals surface area (Å²) >= 11 is 7.40. The third kappa shape index (κ3) is 4.33. The Labute approximate surface area is 150 Å². The Bertz CT molecular complexity index is 950. The first-order valence-electron chi connectivity index (χ1n) is 7.41. The van der Waals surface area contributed by atoms with Crippen LogP contribution in [-0.4, -0.2) is 25.7 Å². The average Bonchev–Trinajstić information content (AvgIpc) is 2.95. The lowest BCUT2D eigenvalue weighted by molar-refractivity contribution is 0.316. The van der Waals surface area contributed by atoms with Crippen LogP contribution in [0.15, 0.2) is 42.5 Å². The number of nitrogens with zero attached hydrogens (tertiary/aromatic N) is 1. The van der Waals surface area contributed by atoms with Gasteiger partial charge in [0.05, 0.1) is 23.3 Å². The van der Waals surface area contributed by atoms with Gasteiger partial charge < -0.3 is 0 Å². The van der Waals surface area contributed by atoms with Gasteiger partial charge in [0.15, 0.2) is 0 Å². The second-order valence-corrected chi connectivity index (χ2v) is 8.38. The molecule has 4 nitrogen and oxygen atoms in total. The van der Waals surface area contributed by atoms with Crippen LogP contribution >= 0.6 is 23.1 Å². The van der Waals surface area contributed by atoms with E-state index < -0.39 is 10.1 Å². The minimum Gasteiger partial charge on any atom is -0.270 e. The van der Waals surface area contributed by atoms with E-state index in [-0.39, 0.29) is 6.61 Å². The SMILES string of the molecule is CS(=O)(=O)OCCCc1ccc2c(-c3ccc(Cl)cc3)nsc2c1. The molecular weight excluding hydrogens is 366 g/mol. The predicted octanol–water partition coefficient (Wildman–Crippen LogP) is 4.53. The lowest BCUT2D eigenvalue weighted by Crippen LogP contribution is -2.04. The monoisotopic (exact) mass is 381 g/mol. The maximum Gasteiger partial charge on any atom is 0.264 e. The number of hydrogen-bond acceptors (Lipinski definition) is 5. The zero-order valence-corrected chi connectivity index (χ0v) is 15.4. The molecule has 0 aliphatic rings. The van der Waals surface area contributed by atoms with Gasteiger partial charge in [0.2, 0.25) is 0 Å². The van der Waals surface area contributed by atoms with Crippen molar-refractivity contribution in [3.63, 3.8) is 0 Å². The highest BCUT2D eigenvalue weighted by Gasteiger charge is 2.09. The molecule has 2 aromatic carbocycles. The molecule has 0 bridgehead atoms. The molecule has 0 spiro atoms. The lowest BCUT2D eigenvalue weighted by atomic mass is 10.0. The van der Waals surface area contributed by atoms with Crippen LogP contribution in [0.2, 0.25) is 5.02 Å². The van der Waals surface area contributed by atoms with Gasteiger partial charge in [0, 0.05) is 16.0 Å². The summed E-state index contributed by atoms with van der Waals surface area (Å²) in [6, 6.07) is 13.9. The lowest BCUT2D eigenvalue weighted by Gasteiger charge is -2.03. The second kappa shape index (κ2) is 7.19. The molecule has 0 amide bonds. The molecule has 1 aromatic heterocycles. The van der Waals surface area contributed by atoms with Crippen molar-refractivity contribution in [2.24, 2.45) is 0 Å². The van der Waals surface area contributed by atoms with E-state index in [9.17, 15) is 8.42 Å². The molecule has 0 N–H and O–H groups in total. The van der Waals surface area contributed by atoms with Crippen LogP contribution < -0.4 is 0 Å². The van der Waals surface area contributed by atoms with Crippen molar-refractivity contribution in [3.05, 3.63) is 53.1 Å². The van der Waals surface area contributed by atoms with Crippen LogP contribution in [-0.2, 0) is 20.7 Å². The van der Waals surface area contributed by atoms with Crippen LogP contribution in [0.1, 0.15) is 12.0 Å². The number of fused-ring (bicyclic) bond motifs is 1. The van der Waals surface area contributed by atoms with E-state index in [2.05, 4.69) is 22.6 Å². The van der Waals surface area contributed by atoms with Gasteiger partial charge in [-0.05, 0) is 48.1 Å². The third-order valence-corrected chi connectivity index (χ3v) is 5.22. The number of rotatable bonds is 6. The number of halogens is 1. The highest BCUT2D eigenvalue weighted by molar-refractivity contribution is 7.85. The summed E-state index contributed by atoms with van der Waals surface area (Å²) in [5.41, 5.74) is 3.14. The molecule has 0 atom stereocenters. The van der Waals surface area contributed by atoms with Crippen molar-refractivity contribution in [2.45, 2.75) is 12.8 Å². The molecule has 1 heterocycles. The van der Waals surface area contributed by atoms with E-state index in [1.165, 1.54) is 11.5 Å². The number of aryl methyl sites for hydroxylation is 1. The minimum atomic E-state index is -3.36. The normalized spacial score (nSPS) is 11.9. The summed E-state index contributed by atoms with van der Waals surface area (Å²) in [6.07, 6.45) is 2.48. The molecular formula is C17H16ClNO3S2. The predicted molar refractivity (Wildman–Crippen MR) is 99.2 cm³/mol. The van der Waals surface area contributed by atoms with Crippen molar-refractivity contribution in [1.82, 2.24) is 4.37 Å². The van der Waals surface area contributed by atoms with Gasteiger partial charge >= 0.3 is 0 Å². The molecule has 0 aliphatic carbocycles. The fourth-order valence-corrected chi connectivity index (χ4v) is 3.85. The summed E-state index contributed by atoms with van der Waals surface area (Å²) in [4.78, 5) is 0. The molecule has 24 heavy (non-hydrogen) atoms. The minimum absolute atomic E-state index is 0.204. The van der Waals surface area contributed by atoms with Crippen LogP contribution in [0.5, 0.6) is 0 Å². The van der Waals surface area contributed by atoms with E-state index in [4.69, 9.17) is 15.8 Å². The Kier molecular flexibility index (Phi) is 5.20. The fourth-order valence-electron chi connectivity index (χ4n) is 2.44. The molecule has 3 aromatic rings. The smallest absolute Gasteiger partial charge is 0.264 e. The van der Waals surface area contributed by atoms with Gasteiger partial charge in [-0.1, -0.05) is 35.9 Å². The molecule has 0 radical (unpaired) electrons. The number of benzene rings is 2. The summed E-state index contributed by atoms with van der Waals surface area (Å²) in [5, 5.41) is 1.82. The topological polar surface area (TPSA) is 56.3 Å².